The van der Waals surface area contributed by atoms with E-state index in [1.807, 2.05) is 0 Å². The molecule has 2 aliphatic heterocycles. The third-order valence-corrected chi connectivity index (χ3v) is 6.66. The molecule has 0 aromatic heterocycles. The van der Waals surface area contributed by atoms with Crippen LogP contribution < -0.4 is 14.8 Å². The molecule has 0 bridgehead atoms. The lowest BCUT2D eigenvalue weighted by molar-refractivity contribution is -0.119. The van der Waals surface area contributed by atoms with Crippen LogP contribution in [0.3, 0.4) is 0 Å². The van der Waals surface area contributed by atoms with Crippen LogP contribution in [0.15, 0.2) is 47.4 Å². The van der Waals surface area contributed by atoms with E-state index < -0.39 is 27.8 Å². The molecule has 1 saturated heterocycles. The van der Waals surface area contributed by atoms with Gasteiger partial charge in [0.2, 0.25) is 15.9 Å². The fourth-order valence-electron chi connectivity index (χ4n) is 3.38. The summed E-state index contributed by atoms with van der Waals surface area (Å²) in [6, 6.07) is 8.80. The van der Waals surface area contributed by atoms with Crippen LogP contribution in [0.2, 0.25) is 0 Å². The summed E-state index contributed by atoms with van der Waals surface area (Å²) in [6.07, 6.45) is 0.983. The van der Waals surface area contributed by atoms with Gasteiger partial charge in [-0.2, -0.15) is 4.31 Å². The molecule has 1 atom stereocenters. The first-order valence-electron chi connectivity index (χ1n) is 8.93. The van der Waals surface area contributed by atoms with Crippen molar-refractivity contribution in [1.29, 1.82) is 0 Å². The average Bonchev–Trinajstić information content (AvgIpc) is 3.19. The number of ether oxygens (including phenoxy) is 2. The van der Waals surface area contributed by atoms with Crippen LogP contribution in [-0.2, 0) is 14.8 Å². The maximum atomic E-state index is 13.1. The van der Waals surface area contributed by atoms with Crippen molar-refractivity contribution in [3.05, 3.63) is 48.3 Å². The van der Waals surface area contributed by atoms with E-state index >= 15 is 0 Å². The van der Waals surface area contributed by atoms with Gasteiger partial charge in [0.25, 0.3) is 0 Å². The van der Waals surface area contributed by atoms with Crippen LogP contribution in [-0.4, -0.2) is 44.4 Å². The number of carbonyl (C=O) groups is 1. The van der Waals surface area contributed by atoms with Gasteiger partial charge in [-0.1, -0.05) is 0 Å². The molecular formula is C19H19FN2O5S. The number of sulfonamides is 1. The summed E-state index contributed by atoms with van der Waals surface area (Å²) in [4.78, 5) is 12.7. The Morgan fingerprint density at radius 2 is 1.79 bits per heavy atom. The van der Waals surface area contributed by atoms with Crippen LogP contribution in [0, 0.1) is 5.82 Å². The summed E-state index contributed by atoms with van der Waals surface area (Å²) in [5, 5.41) is 2.76. The van der Waals surface area contributed by atoms with Crippen molar-refractivity contribution in [3.63, 3.8) is 0 Å². The Kier molecular flexibility index (Phi) is 4.94. The van der Waals surface area contributed by atoms with Crippen LogP contribution >= 0.6 is 0 Å². The SMILES string of the molecule is O=C(Nc1ccc2c(c1)OCCO2)C1CCCN1S(=O)(=O)c1ccc(F)cc1. The van der Waals surface area contributed by atoms with E-state index in [9.17, 15) is 17.6 Å². The second kappa shape index (κ2) is 7.40. The van der Waals surface area contributed by atoms with E-state index in [0.29, 0.717) is 43.2 Å². The number of carbonyl (C=O) groups excluding carboxylic acids is 1. The maximum Gasteiger partial charge on any atom is 0.243 e. The minimum absolute atomic E-state index is 0.0343. The number of hydrogen-bond acceptors (Lipinski definition) is 5. The number of nitrogens with zero attached hydrogens (tertiary/aromatic N) is 1. The highest BCUT2D eigenvalue weighted by molar-refractivity contribution is 7.89. The second-order valence-corrected chi connectivity index (χ2v) is 8.47. The van der Waals surface area contributed by atoms with Gasteiger partial charge >= 0.3 is 0 Å². The van der Waals surface area contributed by atoms with Gasteiger partial charge in [-0.05, 0) is 49.2 Å². The summed E-state index contributed by atoms with van der Waals surface area (Å²) in [5.74, 6) is 0.199. The molecule has 1 N–H and O–H groups in total. The smallest absolute Gasteiger partial charge is 0.243 e. The van der Waals surface area contributed by atoms with Gasteiger partial charge in [0, 0.05) is 18.3 Å². The minimum Gasteiger partial charge on any atom is -0.486 e. The van der Waals surface area contributed by atoms with Crippen molar-refractivity contribution in [1.82, 2.24) is 4.31 Å². The van der Waals surface area contributed by atoms with E-state index in [2.05, 4.69) is 5.32 Å². The van der Waals surface area contributed by atoms with E-state index in [1.165, 1.54) is 16.4 Å². The van der Waals surface area contributed by atoms with Gasteiger partial charge in [0.15, 0.2) is 11.5 Å². The molecule has 1 fully saturated rings. The largest absolute Gasteiger partial charge is 0.486 e. The second-order valence-electron chi connectivity index (χ2n) is 6.58. The first-order chi connectivity index (χ1) is 13.4. The molecule has 2 aromatic rings. The lowest BCUT2D eigenvalue weighted by atomic mass is 10.2. The number of halogens is 1. The van der Waals surface area contributed by atoms with Crippen molar-refractivity contribution in [2.45, 2.75) is 23.8 Å². The molecule has 2 heterocycles. The van der Waals surface area contributed by atoms with Gasteiger partial charge in [-0.15, -0.1) is 0 Å². The van der Waals surface area contributed by atoms with Crippen LogP contribution in [0.4, 0.5) is 10.1 Å². The minimum atomic E-state index is -3.90. The van der Waals surface area contributed by atoms with Crippen LogP contribution in [0.5, 0.6) is 11.5 Å². The fraction of sp³-hybridized carbons (Fsp3) is 0.316. The number of hydrogen-bond donors (Lipinski definition) is 1. The number of nitrogens with one attached hydrogen (secondary N) is 1. The number of fused-ring (bicyclic) bond motifs is 1. The van der Waals surface area contributed by atoms with E-state index in [4.69, 9.17) is 9.47 Å². The Hall–Kier alpha value is -2.65. The zero-order chi connectivity index (χ0) is 19.7. The highest BCUT2D eigenvalue weighted by Crippen LogP contribution is 2.33. The van der Waals surface area contributed by atoms with E-state index in [0.717, 1.165) is 12.1 Å². The molecule has 1 amide bonds. The molecule has 7 nitrogen and oxygen atoms in total. The lowest BCUT2D eigenvalue weighted by Gasteiger charge is -2.24. The van der Waals surface area contributed by atoms with Crippen molar-refractivity contribution in [2.75, 3.05) is 25.1 Å². The summed E-state index contributed by atoms with van der Waals surface area (Å²) in [6.45, 7) is 1.13. The number of amides is 1. The van der Waals surface area contributed by atoms with Gasteiger partial charge in [-0.25, -0.2) is 12.8 Å². The first-order valence-corrected chi connectivity index (χ1v) is 10.4. The van der Waals surface area contributed by atoms with Crippen LogP contribution in [0.1, 0.15) is 12.8 Å². The molecule has 9 heteroatoms. The Morgan fingerprint density at radius 3 is 2.54 bits per heavy atom. The van der Waals surface area contributed by atoms with Gasteiger partial charge in [0.05, 0.1) is 4.90 Å². The Morgan fingerprint density at radius 1 is 1.07 bits per heavy atom. The van der Waals surface area contributed by atoms with Crippen molar-refractivity contribution < 1.29 is 27.1 Å². The Balaban J connectivity index is 1.53. The fourth-order valence-corrected chi connectivity index (χ4v) is 5.03. The molecule has 0 saturated carbocycles. The summed E-state index contributed by atoms with van der Waals surface area (Å²) >= 11 is 0. The molecule has 0 aliphatic carbocycles. The third kappa shape index (κ3) is 3.55. The highest BCUT2D eigenvalue weighted by Gasteiger charge is 2.39. The molecule has 1 unspecified atom stereocenters. The van der Waals surface area contributed by atoms with Gasteiger partial charge in [0.1, 0.15) is 25.1 Å². The van der Waals surface area contributed by atoms with Gasteiger partial charge in [-0.3, -0.25) is 4.79 Å². The number of anilines is 1. The Labute approximate surface area is 162 Å². The Bertz CT molecular complexity index is 994. The molecular weight excluding hydrogens is 387 g/mol. The zero-order valence-corrected chi connectivity index (χ0v) is 15.7. The molecule has 0 spiro atoms. The predicted molar refractivity (Wildman–Crippen MR) is 99.4 cm³/mol. The maximum absolute atomic E-state index is 13.1. The number of rotatable bonds is 4. The topological polar surface area (TPSA) is 84.9 Å². The van der Waals surface area contributed by atoms with E-state index in [-0.39, 0.29) is 11.4 Å². The molecule has 148 valence electrons. The molecule has 2 aliphatic rings. The molecule has 28 heavy (non-hydrogen) atoms. The molecule has 0 radical (unpaired) electrons. The lowest BCUT2D eigenvalue weighted by Crippen LogP contribution is -2.43. The standard InChI is InChI=1S/C19H19FN2O5S/c20-13-3-6-15(7-4-13)28(24,25)22-9-1-2-16(22)19(23)21-14-5-8-17-18(12-14)27-11-10-26-17/h3-8,12,16H,1-2,9-11H2,(H,21,23). The molecule has 4 rings (SSSR count). The number of benzene rings is 2. The monoisotopic (exact) mass is 406 g/mol. The van der Waals surface area contributed by atoms with Crippen molar-refractivity contribution in [2.24, 2.45) is 0 Å². The van der Waals surface area contributed by atoms with Crippen LogP contribution in [0.25, 0.3) is 0 Å². The summed E-state index contributed by atoms with van der Waals surface area (Å²) < 4.78 is 51.0. The zero-order valence-electron chi connectivity index (χ0n) is 14.9. The first kappa shape index (κ1) is 18.7. The summed E-state index contributed by atoms with van der Waals surface area (Å²) in [5.41, 5.74) is 0.500. The van der Waals surface area contributed by atoms with Crippen molar-refractivity contribution in [3.8, 4) is 11.5 Å². The van der Waals surface area contributed by atoms with Gasteiger partial charge < -0.3 is 14.8 Å². The van der Waals surface area contributed by atoms with E-state index in [1.54, 1.807) is 18.2 Å². The third-order valence-electron chi connectivity index (χ3n) is 4.74. The predicted octanol–water partition coefficient (Wildman–Crippen LogP) is 2.39. The molecule has 2 aromatic carbocycles. The average molecular weight is 406 g/mol. The summed E-state index contributed by atoms with van der Waals surface area (Å²) in [7, 11) is -3.90. The van der Waals surface area contributed by atoms with Crippen molar-refractivity contribution >= 4 is 21.6 Å². The normalized spacial score (nSPS) is 19.4. The highest BCUT2D eigenvalue weighted by atomic mass is 32.2. The quantitative estimate of drug-likeness (QED) is 0.843.